The maximum Gasteiger partial charge on any atom is 0.320 e. The summed E-state index contributed by atoms with van der Waals surface area (Å²) in [5.41, 5.74) is -3.67. The predicted molar refractivity (Wildman–Crippen MR) is 372 cm³/mol. The molecule has 0 aromatic heterocycles. The van der Waals surface area contributed by atoms with Crippen LogP contribution < -0.4 is 0 Å². The van der Waals surface area contributed by atoms with Crippen LogP contribution >= 0.6 is 0 Å². The van der Waals surface area contributed by atoms with Crippen LogP contribution in [0.3, 0.4) is 0 Å². The number of nitrogens with zero attached hydrogens (tertiary/aromatic N) is 6. The number of hydrogen-bond donors (Lipinski definition) is 4. The third kappa shape index (κ3) is 45.3. The van der Waals surface area contributed by atoms with Crippen molar-refractivity contribution in [3.05, 3.63) is 0 Å². The molecular weight excluding hydrogens is 1200 g/mol. The van der Waals surface area contributed by atoms with Crippen molar-refractivity contribution in [2.75, 3.05) is 105 Å². The normalized spacial score (nSPS) is 16.0. The Morgan fingerprint density at radius 2 is 0.564 bits per heavy atom. The molecule has 0 bridgehead atoms. The first kappa shape index (κ1) is 87.7. The fourth-order valence-electron chi connectivity index (χ4n) is 13.3. The molecule has 548 valence electrons. The Bertz CT molecular complexity index is 2060. The summed E-state index contributed by atoms with van der Waals surface area (Å²) >= 11 is 0. The summed E-state index contributed by atoms with van der Waals surface area (Å²) in [6.07, 6.45) is 38.1. The van der Waals surface area contributed by atoms with Crippen LogP contribution in [0.15, 0.2) is 0 Å². The van der Waals surface area contributed by atoms with Gasteiger partial charge in [0.05, 0.1) is 52.4 Å². The van der Waals surface area contributed by atoms with Crippen molar-refractivity contribution in [1.29, 1.82) is 0 Å². The number of carboxylic acids is 4. The average Bonchev–Trinajstić information content (AvgIpc) is 1.50. The first-order valence-corrected chi connectivity index (χ1v) is 36.6. The molecule has 0 saturated carbocycles. The maximum absolute atomic E-state index is 13.4. The lowest BCUT2D eigenvalue weighted by atomic mass is 9.87. The van der Waals surface area contributed by atoms with E-state index in [1.165, 1.54) is 160 Å². The number of carbonyl (C=O) groups is 8. The lowest BCUT2D eigenvalue weighted by Crippen LogP contribution is -2.62. The maximum atomic E-state index is 13.4. The standard InChI is InChI=1S/C43H81N3O7.C30H55N3O8/c1-12-13-14-15-16-17-18-19-20-21-22-23-24-25-26-27-43(46(30-36(2)47)33-39(50)53-42(9,10)11)34-44(31-37(48)51-40(3,4)5)28-29-45(35-43)32-38(49)52-41(6,7)8;1-2-3-4-5-6-7-8-9-10-11-12-13-14-15-16-17-30(33(22-28(38)39)23-29(40)41)24-31(20-26(34)35)18-19-32(25-30)21-27(36)37/h12-35H2,1-11H3;2-25H2,1H3,(H,34,35)(H,36,37)(H,38,39)(H,40,41). The number of aliphatic carboxylic acids is 4. The van der Waals surface area contributed by atoms with E-state index in [2.05, 4.69) is 23.6 Å². The number of carbonyl (C=O) groups excluding carboxylic acids is 4. The van der Waals surface area contributed by atoms with Crippen LogP contribution in [0, 0.1) is 0 Å². The highest BCUT2D eigenvalue weighted by Crippen LogP contribution is 2.32. The summed E-state index contributed by atoms with van der Waals surface area (Å²) in [4.78, 5) is 110. The first-order valence-electron chi connectivity index (χ1n) is 36.6. The molecule has 0 aromatic carbocycles. The average molecular weight is 1340 g/mol. The van der Waals surface area contributed by atoms with Gasteiger partial charge in [0.2, 0.25) is 0 Å². The molecule has 2 aliphatic heterocycles. The summed E-state index contributed by atoms with van der Waals surface area (Å²) in [6, 6.07) is 0. The molecule has 0 radical (unpaired) electrons. The summed E-state index contributed by atoms with van der Waals surface area (Å²) in [5.74, 6) is -5.57. The van der Waals surface area contributed by atoms with Crippen LogP contribution in [0.2, 0.25) is 0 Å². The van der Waals surface area contributed by atoms with E-state index in [0.29, 0.717) is 52.1 Å². The second-order valence-corrected chi connectivity index (χ2v) is 30.4. The molecule has 94 heavy (non-hydrogen) atoms. The zero-order valence-corrected chi connectivity index (χ0v) is 61.4. The number of ketones is 1. The van der Waals surface area contributed by atoms with Gasteiger partial charge < -0.3 is 34.6 Å². The highest BCUT2D eigenvalue weighted by atomic mass is 16.6. The van der Waals surface area contributed by atoms with Gasteiger partial charge in [-0.1, -0.05) is 206 Å². The Balaban J connectivity index is 0.000000971. The van der Waals surface area contributed by atoms with Gasteiger partial charge in [0.15, 0.2) is 0 Å². The summed E-state index contributed by atoms with van der Waals surface area (Å²) in [5, 5.41) is 38.0. The molecule has 0 aromatic rings. The monoisotopic (exact) mass is 1340 g/mol. The highest BCUT2D eigenvalue weighted by Gasteiger charge is 2.46. The van der Waals surface area contributed by atoms with Gasteiger partial charge in [-0.05, 0) is 82.1 Å². The van der Waals surface area contributed by atoms with Crippen molar-refractivity contribution in [2.45, 2.75) is 316 Å². The molecule has 2 rings (SSSR count). The molecule has 2 heterocycles. The molecule has 2 saturated heterocycles. The number of esters is 3. The third-order valence-corrected chi connectivity index (χ3v) is 17.4. The minimum atomic E-state index is -1.18. The van der Waals surface area contributed by atoms with E-state index in [9.17, 15) is 58.8 Å². The van der Waals surface area contributed by atoms with Crippen molar-refractivity contribution < 1.29 is 73.0 Å². The van der Waals surface area contributed by atoms with Crippen LogP contribution in [0.25, 0.3) is 0 Å². The SMILES string of the molecule is CCCCCCCCCCCCCCCCCC1(N(CC(=O)O)CC(=O)O)CN(CC(=O)O)CCN(CC(=O)O)C1.CCCCCCCCCCCCCCCCCC1(N(CC(C)=O)CC(=O)OC(C)(C)C)CN(CC(=O)OC(C)(C)C)CCN(CC(=O)OC(C)(C)C)C1. The Morgan fingerprint density at radius 1 is 0.330 bits per heavy atom. The number of carboxylic acid groups (broad SMARTS) is 4. The summed E-state index contributed by atoms with van der Waals surface area (Å²) < 4.78 is 17.2. The molecule has 21 heteroatoms. The number of rotatable bonds is 50. The Hall–Kier alpha value is -4.28. The summed E-state index contributed by atoms with van der Waals surface area (Å²) in [7, 11) is 0. The van der Waals surface area contributed by atoms with E-state index in [1.54, 1.807) is 9.80 Å². The van der Waals surface area contributed by atoms with Gasteiger partial charge in [0.1, 0.15) is 22.6 Å². The van der Waals surface area contributed by atoms with Crippen LogP contribution in [-0.2, 0) is 52.6 Å². The van der Waals surface area contributed by atoms with Gasteiger partial charge in [-0.2, -0.15) is 0 Å². The minimum absolute atomic E-state index is 0.0541. The van der Waals surface area contributed by atoms with Crippen LogP contribution in [0.1, 0.15) is 289 Å². The predicted octanol–water partition coefficient (Wildman–Crippen LogP) is 12.8. The van der Waals surface area contributed by atoms with Gasteiger partial charge in [0, 0.05) is 63.4 Å². The molecule has 0 unspecified atom stereocenters. The van der Waals surface area contributed by atoms with Crippen LogP contribution in [0.5, 0.6) is 0 Å². The molecular formula is C73H136N6O15. The fourth-order valence-corrected chi connectivity index (χ4v) is 13.3. The highest BCUT2D eigenvalue weighted by molar-refractivity contribution is 5.79. The Kier molecular flexibility index (Phi) is 45.2. The molecule has 2 aliphatic rings. The molecule has 0 atom stereocenters. The van der Waals surface area contributed by atoms with Crippen molar-refractivity contribution in [2.24, 2.45) is 0 Å². The van der Waals surface area contributed by atoms with Crippen molar-refractivity contribution in [3.63, 3.8) is 0 Å². The topological polar surface area (TPSA) is 265 Å². The van der Waals surface area contributed by atoms with Crippen molar-refractivity contribution in [3.8, 4) is 0 Å². The lowest BCUT2D eigenvalue weighted by Gasteiger charge is -2.46. The molecule has 0 aliphatic carbocycles. The Labute approximate surface area is 568 Å². The number of ether oxygens (including phenoxy) is 3. The van der Waals surface area contributed by atoms with E-state index < -0.39 is 70.8 Å². The van der Waals surface area contributed by atoms with Crippen LogP contribution in [0.4, 0.5) is 0 Å². The third-order valence-electron chi connectivity index (χ3n) is 17.4. The van der Waals surface area contributed by atoms with Gasteiger partial charge in [-0.15, -0.1) is 0 Å². The van der Waals surface area contributed by atoms with Gasteiger partial charge in [-0.3, -0.25) is 67.8 Å². The molecule has 21 nitrogen and oxygen atoms in total. The van der Waals surface area contributed by atoms with E-state index >= 15 is 0 Å². The molecule has 4 N–H and O–H groups in total. The van der Waals surface area contributed by atoms with Gasteiger partial charge >= 0.3 is 41.8 Å². The first-order chi connectivity index (χ1) is 44.2. The zero-order chi connectivity index (χ0) is 70.6. The number of hydrogen-bond acceptors (Lipinski definition) is 17. The van der Waals surface area contributed by atoms with Crippen molar-refractivity contribution >= 4 is 47.6 Å². The van der Waals surface area contributed by atoms with Crippen molar-refractivity contribution in [1.82, 2.24) is 29.4 Å². The Morgan fingerprint density at radius 3 is 0.798 bits per heavy atom. The van der Waals surface area contributed by atoms with E-state index in [0.717, 1.165) is 44.9 Å². The van der Waals surface area contributed by atoms with E-state index in [1.807, 2.05) is 67.2 Å². The fraction of sp³-hybridized carbons (Fsp3) is 0.890. The van der Waals surface area contributed by atoms with E-state index in [4.69, 9.17) is 14.2 Å². The second-order valence-electron chi connectivity index (χ2n) is 30.4. The number of unbranched alkanes of at least 4 members (excludes halogenated alkanes) is 28. The minimum Gasteiger partial charge on any atom is -0.480 e. The smallest absolute Gasteiger partial charge is 0.320 e. The molecule has 0 spiro atoms. The van der Waals surface area contributed by atoms with Crippen LogP contribution in [-0.4, -0.2) is 230 Å². The van der Waals surface area contributed by atoms with E-state index in [-0.39, 0.29) is 70.1 Å². The molecule has 2 fully saturated rings. The number of Topliss-reactive ketones (excluding diaryl/α,β-unsaturated/α-hetero) is 1. The zero-order valence-electron chi connectivity index (χ0n) is 61.4. The molecule has 0 amide bonds. The van der Waals surface area contributed by atoms with Gasteiger partial charge in [-0.25, -0.2) is 0 Å². The largest absolute Gasteiger partial charge is 0.480 e. The van der Waals surface area contributed by atoms with Gasteiger partial charge in [0.25, 0.3) is 0 Å². The summed E-state index contributed by atoms with van der Waals surface area (Å²) in [6.45, 7) is 24.0. The lowest BCUT2D eigenvalue weighted by molar-refractivity contribution is -0.161. The quantitative estimate of drug-likeness (QED) is 0.0250. The second kappa shape index (κ2) is 48.4.